The molecule has 0 atom stereocenters. The van der Waals surface area contributed by atoms with Crippen LogP contribution in [-0.4, -0.2) is 6.61 Å². The zero-order chi connectivity index (χ0) is 5.54. The second-order valence-corrected chi connectivity index (χ2v) is 1.56. The average Bonchev–Trinajstić information content (AvgIpc) is 1.69. The Hall–Kier alpha value is -0.0800. The lowest BCUT2D eigenvalue weighted by atomic mass is 10.3. The van der Waals surface area contributed by atoms with Crippen LogP contribution in [0, 0.1) is 0 Å². The van der Waals surface area contributed by atoms with Gasteiger partial charge in [0.15, 0.2) is 0 Å². The zero-order valence-electron chi connectivity index (χ0n) is 4.74. The minimum atomic E-state index is 0.591. The van der Waals surface area contributed by atoms with Crippen molar-refractivity contribution in [3.05, 3.63) is 0 Å². The van der Waals surface area contributed by atoms with E-state index in [0.29, 0.717) is 6.61 Å². The Kier molecular flexibility index (Phi) is 5.85. The van der Waals surface area contributed by atoms with Crippen molar-refractivity contribution in [2.24, 2.45) is 0 Å². The SMILES string of the molecule is CCCCCO[NH]. The number of hydrogen-bond acceptors (Lipinski definition) is 1. The third-order valence-electron chi connectivity index (χ3n) is 0.850. The Balaban J connectivity index is 2.45. The molecule has 0 unspecified atom stereocenters. The van der Waals surface area contributed by atoms with E-state index in [4.69, 9.17) is 5.90 Å². The molecule has 0 fully saturated rings. The Morgan fingerprint density at radius 3 is 2.57 bits per heavy atom. The number of rotatable bonds is 4. The van der Waals surface area contributed by atoms with Crippen LogP contribution in [0.5, 0.6) is 0 Å². The minimum absolute atomic E-state index is 0.591. The summed E-state index contributed by atoms with van der Waals surface area (Å²) in [5, 5.41) is 0. The molecule has 0 rings (SSSR count). The quantitative estimate of drug-likeness (QED) is 0.390. The number of hydrogen-bond donors (Lipinski definition) is 0. The summed E-state index contributed by atoms with van der Waals surface area (Å²) in [4.78, 5) is 4.09. The van der Waals surface area contributed by atoms with Gasteiger partial charge in [-0.1, -0.05) is 19.8 Å². The third-order valence-corrected chi connectivity index (χ3v) is 0.850. The molecule has 0 aliphatic rings. The molecule has 43 valence electrons. The van der Waals surface area contributed by atoms with Gasteiger partial charge >= 0.3 is 0 Å². The van der Waals surface area contributed by atoms with E-state index in [1.54, 1.807) is 0 Å². The first-order chi connectivity index (χ1) is 3.41. The Labute approximate surface area is 44.6 Å². The third kappa shape index (κ3) is 5.92. The molecule has 7 heavy (non-hydrogen) atoms. The van der Waals surface area contributed by atoms with Crippen LogP contribution in [0.2, 0.25) is 0 Å². The van der Waals surface area contributed by atoms with E-state index in [0.717, 1.165) is 6.42 Å². The van der Waals surface area contributed by atoms with Crippen LogP contribution in [0.15, 0.2) is 0 Å². The maximum absolute atomic E-state index is 6.28. The highest BCUT2D eigenvalue weighted by Crippen LogP contribution is 1.91. The molecule has 2 nitrogen and oxygen atoms in total. The number of nitrogens with one attached hydrogen (secondary N) is 1. The largest absolute Gasteiger partial charge is 0.285 e. The molecule has 0 amide bonds. The van der Waals surface area contributed by atoms with E-state index in [9.17, 15) is 0 Å². The average molecular weight is 102 g/mol. The van der Waals surface area contributed by atoms with Gasteiger partial charge in [0.1, 0.15) is 0 Å². The molecule has 0 spiro atoms. The molecule has 0 bridgehead atoms. The van der Waals surface area contributed by atoms with Gasteiger partial charge < -0.3 is 0 Å². The van der Waals surface area contributed by atoms with Gasteiger partial charge in [0.25, 0.3) is 0 Å². The fourth-order valence-electron chi connectivity index (χ4n) is 0.424. The van der Waals surface area contributed by atoms with Gasteiger partial charge in [0.05, 0.1) is 6.61 Å². The highest BCUT2D eigenvalue weighted by Gasteiger charge is 1.80. The highest BCUT2D eigenvalue weighted by molar-refractivity contribution is 4.32. The summed E-state index contributed by atoms with van der Waals surface area (Å²) in [6.45, 7) is 2.72. The molecular weight excluding hydrogens is 90.1 g/mol. The molecule has 1 N–H and O–H groups in total. The molecule has 0 heterocycles. The molecule has 0 saturated heterocycles. The predicted octanol–water partition coefficient (Wildman–Crippen LogP) is 1.39. The summed E-state index contributed by atoms with van der Waals surface area (Å²) in [7, 11) is 0. The summed E-state index contributed by atoms with van der Waals surface area (Å²) >= 11 is 0. The van der Waals surface area contributed by atoms with Crippen LogP contribution in [-0.2, 0) is 4.84 Å². The number of unbranched alkanes of at least 4 members (excludes halogenated alkanes) is 2. The first-order valence-electron chi connectivity index (χ1n) is 2.70. The normalized spacial score (nSPS) is 9.43. The van der Waals surface area contributed by atoms with Crippen molar-refractivity contribution < 1.29 is 4.84 Å². The molecule has 2 heteroatoms. The summed E-state index contributed by atoms with van der Waals surface area (Å²) in [6, 6.07) is 0. The Bertz CT molecular complexity index is 27.3. The van der Waals surface area contributed by atoms with Gasteiger partial charge in [-0.2, -0.15) is 0 Å². The van der Waals surface area contributed by atoms with Crippen molar-refractivity contribution in [2.45, 2.75) is 26.2 Å². The van der Waals surface area contributed by atoms with Crippen molar-refractivity contribution in [1.82, 2.24) is 5.90 Å². The molecule has 0 aromatic heterocycles. The minimum Gasteiger partial charge on any atom is -0.285 e. The van der Waals surface area contributed by atoms with E-state index < -0.39 is 0 Å². The van der Waals surface area contributed by atoms with Crippen LogP contribution < -0.4 is 5.90 Å². The predicted molar refractivity (Wildman–Crippen MR) is 28.6 cm³/mol. The maximum atomic E-state index is 6.28. The van der Waals surface area contributed by atoms with E-state index in [1.807, 2.05) is 0 Å². The van der Waals surface area contributed by atoms with E-state index in [-0.39, 0.29) is 0 Å². The monoisotopic (exact) mass is 102 g/mol. The fourth-order valence-corrected chi connectivity index (χ4v) is 0.424. The van der Waals surface area contributed by atoms with Gasteiger partial charge in [0.2, 0.25) is 0 Å². The lowest BCUT2D eigenvalue weighted by molar-refractivity contribution is 0.114. The summed E-state index contributed by atoms with van der Waals surface area (Å²) in [5.41, 5.74) is 0. The molecular formula is C5H12NO. The van der Waals surface area contributed by atoms with Crippen LogP contribution in [0.1, 0.15) is 26.2 Å². The van der Waals surface area contributed by atoms with Crippen LogP contribution >= 0.6 is 0 Å². The van der Waals surface area contributed by atoms with E-state index in [2.05, 4.69) is 11.8 Å². The molecule has 1 radical (unpaired) electrons. The van der Waals surface area contributed by atoms with Crippen molar-refractivity contribution in [3.63, 3.8) is 0 Å². The van der Waals surface area contributed by atoms with Crippen molar-refractivity contribution in [2.75, 3.05) is 6.61 Å². The lowest BCUT2D eigenvalue weighted by Crippen LogP contribution is -1.88. The second kappa shape index (κ2) is 5.92. The Morgan fingerprint density at radius 1 is 1.43 bits per heavy atom. The van der Waals surface area contributed by atoms with Crippen LogP contribution in [0.25, 0.3) is 0 Å². The van der Waals surface area contributed by atoms with Crippen molar-refractivity contribution in [1.29, 1.82) is 0 Å². The van der Waals surface area contributed by atoms with E-state index in [1.165, 1.54) is 12.8 Å². The zero-order valence-corrected chi connectivity index (χ0v) is 4.74. The summed E-state index contributed by atoms with van der Waals surface area (Å²) in [6.07, 6.45) is 3.40. The standard InChI is InChI=1S/C5H12NO/c1-2-3-4-5-7-6/h6H,2-5H2,1H3. The smallest absolute Gasteiger partial charge is 0.0699 e. The van der Waals surface area contributed by atoms with Crippen molar-refractivity contribution >= 4 is 0 Å². The summed E-state index contributed by atoms with van der Waals surface area (Å²) < 4.78 is 0. The Morgan fingerprint density at radius 2 is 2.14 bits per heavy atom. The molecule has 0 aliphatic heterocycles. The lowest BCUT2D eigenvalue weighted by Gasteiger charge is -1.91. The molecule has 0 saturated carbocycles. The fraction of sp³-hybridized carbons (Fsp3) is 1.00. The molecule has 0 aliphatic carbocycles. The van der Waals surface area contributed by atoms with Crippen LogP contribution in [0.3, 0.4) is 0 Å². The highest BCUT2D eigenvalue weighted by atomic mass is 16.6. The van der Waals surface area contributed by atoms with Gasteiger partial charge in [-0.25, -0.2) is 0 Å². The van der Waals surface area contributed by atoms with Gasteiger partial charge in [-0.15, -0.1) is 5.90 Å². The van der Waals surface area contributed by atoms with Gasteiger partial charge in [-0.3, -0.25) is 4.84 Å². The van der Waals surface area contributed by atoms with Crippen LogP contribution in [0.4, 0.5) is 0 Å². The topological polar surface area (TPSA) is 33.0 Å². The van der Waals surface area contributed by atoms with E-state index >= 15 is 0 Å². The first-order valence-corrected chi connectivity index (χ1v) is 2.70. The van der Waals surface area contributed by atoms with Gasteiger partial charge in [0, 0.05) is 0 Å². The first kappa shape index (κ1) is 6.92. The maximum Gasteiger partial charge on any atom is 0.0699 e. The molecule has 0 aromatic carbocycles. The molecule has 0 aromatic rings. The van der Waals surface area contributed by atoms with Crippen molar-refractivity contribution in [3.8, 4) is 0 Å². The second-order valence-electron chi connectivity index (χ2n) is 1.56. The van der Waals surface area contributed by atoms with Gasteiger partial charge in [-0.05, 0) is 6.42 Å². The summed E-state index contributed by atoms with van der Waals surface area (Å²) in [5.74, 6) is 6.28.